The van der Waals surface area contributed by atoms with Gasteiger partial charge in [-0.2, -0.15) is 4.39 Å². The zero-order valence-corrected chi connectivity index (χ0v) is 11.8. The van der Waals surface area contributed by atoms with Crippen LogP contribution in [0.2, 0.25) is 0 Å². The van der Waals surface area contributed by atoms with Gasteiger partial charge in [0.25, 0.3) is 5.56 Å². The van der Waals surface area contributed by atoms with E-state index in [4.69, 9.17) is 15.2 Å². The van der Waals surface area contributed by atoms with Gasteiger partial charge < -0.3 is 25.4 Å². The summed E-state index contributed by atoms with van der Waals surface area (Å²) < 4.78 is 23.9. The van der Waals surface area contributed by atoms with Gasteiger partial charge in [-0.3, -0.25) is 19.1 Å². The minimum atomic E-state index is -1.59. The molecule has 2 rings (SSSR count). The number of H-pyrrole nitrogens is 1. The number of halogens is 1. The molecule has 1 saturated heterocycles. The smallest absolute Gasteiger partial charge is 0.330 e. The van der Waals surface area contributed by atoms with Gasteiger partial charge in [-0.25, -0.2) is 4.79 Å². The molecule has 2 heterocycles. The Bertz CT molecular complexity index is 688. The van der Waals surface area contributed by atoms with Gasteiger partial charge in [0.2, 0.25) is 5.82 Å². The number of aliphatic hydroxyl groups is 2. The molecule has 0 unspecified atom stereocenters. The van der Waals surface area contributed by atoms with Gasteiger partial charge in [0.05, 0.1) is 12.6 Å². The van der Waals surface area contributed by atoms with Crippen molar-refractivity contribution in [3.8, 4) is 0 Å². The van der Waals surface area contributed by atoms with Crippen LogP contribution < -0.4 is 17.0 Å². The van der Waals surface area contributed by atoms with Crippen LogP contribution >= 0.6 is 0 Å². The van der Waals surface area contributed by atoms with Crippen molar-refractivity contribution in [2.24, 2.45) is 5.73 Å². The number of hydrogen-bond acceptors (Lipinski definition) is 8. The molecular weight excluding hydrogens is 317 g/mol. The summed E-state index contributed by atoms with van der Waals surface area (Å²) in [5, 5.41) is 19.8. The predicted octanol–water partition coefficient (Wildman–Crippen LogP) is -2.81. The van der Waals surface area contributed by atoms with Crippen molar-refractivity contribution >= 4 is 5.97 Å². The number of nitrogens with zero attached hydrogens (tertiary/aromatic N) is 1. The van der Waals surface area contributed by atoms with Crippen molar-refractivity contribution in [3.63, 3.8) is 0 Å². The zero-order valence-electron chi connectivity index (χ0n) is 11.8. The van der Waals surface area contributed by atoms with E-state index in [0.717, 1.165) is 0 Å². The fourth-order valence-corrected chi connectivity index (χ4v) is 2.11. The van der Waals surface area contributed by atoms with E-state index in [2.05, 4.69) is 0 Å². The fraction of sp³-hybridized carbons (Fsp3) is 0.583. The van der Waals surface area contributed by atoms with Crippen molar-refractivity contribution in [2.75, 3.05) is 13.2 Å². The third-order valence-electron chi connectivity index (χ3n) is 3.29. The molecule has 128 valence electrons. The lowest BCUT2D eigenvalue weighted by atomic mass is 10.1. The van der Waals surface area contributed by atoms with Gasteiger partial charge in [0.1, 0.15) is 24.9 Å². The standard InChI is InChI=1S/C12H16FN3O7/c13-5-3-16(12(21)15-10(5)20)11-9(19)8(18)6(23-11)4-22-7(17)1-2-14/h3,6,8-9,11,18-19H,1-2,4,14H2,(H,15,20,21)/t6-,8-,9-,11-/m1/s1. The number of rotatable bonds is 5. The van der Waals surface area contributed by atoms with Gasteiger partial charge in [0, 0.05) is 6.54 Å². The highest BCUT2D eigenvalue weighted by atomic mass is 19.1. The van der Waals surface area contributed by atoms with E-state index < -0.39 is 47.6 Å². The van der Waals surface area contributed by atoms with E-state index in [-0.39, 0.29) is 19.6 Å². The number of aliphatic hydroxyl groups excluding tert-OH is 2. The Hall–Kier alpha value is -2.08. The highest BCUT2D eigenvalue weighted by Gasteiger charge is 2.44. The van der Waals surface area contributed by atoms with Crippen LogP contribution in [0.5, 0.6) is 0 Å². The van der Waals surface area contributed by atoms with E-state index in [1.54, 1.807) is 4.98 Å². The van der Waals surface area contributed by atoms with E-state index in [9.17, 15) is 29.0 Å². The maximum atomic E-state index is 13.3. The largest absolute Gasteiger partial charge is 0.463 e. The number of nitrogens with one attached hydrogen (secondary N) is 1. The van der Waals surface area contributed by atoms with Crippen LogP contribution in [0.15, 0.2) is 15.8 Å². The van der Waals surface area contributed by atoms with Crippen molar-refractivity contribution in [2.45, 2.75) is 31.0 Å². The van der Waals surface area contributed by atoms with Crippen LogP contribution in [0.25, 0.3) is 0 Å². The first kappa shape index (κ1) is 17.3. The molecule has 0 aliphatic carbocycles. The predicted molar refractivity (Wildman–Crippen MR) is 71.8 cm³/mol. The van der Waals surface area contributed by atoms with E-state index in [1.807, 2.05) is 0 Å². The number of carbonyl (C=O) groups is 1. The fourth-order valence-electron chi connectivity index (χ4n) is 2.11. The summed E-state index contributed by atoms with van der Waals surface area (Å²) in [6.07, 6.45) is -5.10. The van der Waals surface area contributed by atoms with E-state index in [1.165, 1.54) is 0 Å². The highest BCUT2D eigenvalue weighted by molar-refractivity contribution is 5.69. The highest BCUT2D eigenvalue weighted by Crippen LogP contribution is 2.28. The molecule has 0 spiro atoms. The summed E-state index contributed by atoms with van der Waals surface area (Å²) in [7, 11) is 0. The molecule has 4 atom stereocenters. The summed E-state index contributed by atoms with van der Waals surface area (Å²) in [5.74, 6) is -1.87. The van der Waals surface area contributed by atoms with Gasteiger partial charge in [-0.05, 0) is 0 Å². The molecule has 10 nitrogen and oxygen atoms in total. The molecule has 0 saturated carbocycles. The van der Waals surface area contributed by atoms with Crippen LogP contribution in [0.4, 0.5) is 4.39 Å². The molecule has 0 bridgehead atoms. The molecule has 1 aliphatic rings. The molecule has 0 radical (unpaired) electrons. The summed E-state index contributed by atoms with van der Waals surface area (Å²) in [5.41, 5.74) is 2.94. The van der Waals surface area contributed by atoms with E-state index >= 15 is 0 Å². The van der Waals surface area contributed by atoms with Crippen LogP contribution in [-0.4, -0.2) is 57.2 Å². The molecule has 5 N–H and O–H groups in total. The maximum absolute atomic E-state index is 13.3. The number of ether oxygens (including phenoxy) is 2. The second kappa shape index (κ2) is 7.00. The maximum Gasteiger partial charge on any atom is 0.330 e. The van der Waals surface area contributed by atoms with Gasteiger partial charge in [-0.15, -0.1) is 0 Å². The second-order valence-electron chi connectivity index (χ2n) is 4.91. The summed E-state index contributed by atoms with van der Waals surface area (Å²) in [6.45, 7) is -0.293. The monoisotopic (exact) mass is 333 g/mol. The van der Waals surface area contributed by atoms with Gasteiger partial charge >= 0.3 is 11.7 Å². The lowest BCUT2D eigenvalue weighted by Crippen LogP contribution is -2.38. The number of aromatic nitrogens is 2. The van der Waals surface area contributed by atoms with E-state index in [0.29, 0.717) is 10.8 Å². The first-order valence-electron chi connectivity index (χ1n) is 6.73. The average Bonchev–Trinajstić information content (AvgIpc) is 2.77. The van der Waals surface area contributed by atoms with Crippen molar-refractivity contribution in [1.82, 2.24) is 9.55 Å². The van der Waals surface area contributed by atoms with Gasteiger partial charge in [-0.1, -0.05) is 0 Å². The summed E-state index contributed by atoms with van der Waals surface area (Å²) in [4.78, 5) is 35.6. The SMILES string of the molecule is NCCC(=O)OC[C@H]1O[C@@H](n2cc(F)c(=O)[nH]c2=O)[C@H](O)[C@@H]1O. The molecule has 0 aromatic carbocycles. The quantitative estimate of drug-likeness (QED) is 0.420. The topological polar surface area (TPSA) is 157 Å². The Morgan fingerprint density at radius 1 is 1.43 bits per heavy atom. The summed E-state index contributed by atoms with van der Waals surface area (Å²) in [6, 6.07) is 0. The van der Waals surface area contributed by atoms with Crippen molar-refractivity contribution in [3.05, 3.63) is 32.9 Å². The Kier molecular flexibility index (Phi) is 5.26. The number of nitrogens with two attached hydrogens (primary N) is 1. The first-order chi connectivity index (χ1) is 10.8. The minimum absolute atomic E-state index is 0.0284. The van der Waals surface area contributed by atoms with Gasteiger partial charge in [0.15, 0.2) is 6.23 Å². The molecule has 1 aliphatic heterocycles. The Morgan fingerprint density at radius 3 is 2.78 bits per heavy atom. The second-order valence-corrected chi connectivity index (χ2v) is 4.91. The molecule has 1 aromatic rings. The number of aromatic amines is 1. The normalized spacial score (nSPS) is 27.1. The van der Waals surface area contributed by atoms with Crippen LogP contribution in [0.1, 0.15) is 12.6 Å². The zero-order chi connectivity index (χ0) is 17.1. The Labute approximate surface area is 128 Å². The Morgan fingerprint density at radius 2 is 2.13 bits per heavy atom. The number of esters is 1. The molecule has 23 heavy (non-hydrogen) atoms. The Balaban J connectivity index is 2.14. The van der Waals surface area contributed by atoms with Crippen molar-refractivity contribution in [1.29, 1.82) is 0 Å². The average molecular weight is 333 g/mol. The third kappa shape index (κ3) is 3.64. The molecule has 11 heteroatoms. The molecule has 1 aromatic heterocycles. The lowest BCUT2D eigenvalue weighted by Gasteiger charge is -2.16. The van der Waals surface area contributed by atoms with Crippen LogP contribution in [0, 0.1) is 5.82 Å². The summed E-state index contributed by atoms with van der Waals surface area (Å²) >= 11 is 0. The minimum Gasteiger partial charge on any atom is -0.463 e. The lowest BCUT2D eigenvalue weighted by molar-refractivity contribution is -0.149. The van der Waals surface area contributed by atoms with Crippen LogP contribution in [0.3, 0.4) is 0 Å². The number of hydrogen-bond donors (Lipinski definition) is 4. The molecule has 0 amide bonds. The number of carbonyl (C=O) groups excluding carboxylic acids is 1. The first-order valence-corrected chi connectivity index (χ1v) is 6.73. The molecule has 1 fully saturated rings. The van der Waals surface area contributed by atoms with Crippen LogP contribution in [-0.2, 0) is 14.3 Å². The molecular formula is C12H16FN3O7. The third-order valence-corrected chi connectivity index (χ3v) is 3.29. The van der Waals surface area contributed by atoms with Crippen molar-refractivity contribution < 1.29 is 28.9 Å².